The van der Waals surface area contributed by atoms with Crippen molar-refractivity contribution in [2.75, 3.05) is 13.1 Å². The molecule has 104 valence electrons. The van der Waals surface area contributed by atoms with Crippen molar-refractivity contribution < 1.29 is 14.3 Å². The molecular formula is C14H20N2O3. The molecule has 1 heterocycles. The quantitative estimate of drug-likeness (QED) is 0.819. The van der Waals surface area contributed by atoms with E-state index in [4.69, 9.17) is 14.8 Å². The van der Waals surface area contributed by atoms with Gasteiger partial charge in [-0.1, -0.05) is 13.8 Å². The fraction of sp³-hybridized carbons (Fsp3) is 0.571. The Kier molecular flexibility index (Phi) is 5.58. The Hall–Kier alpha value is -1.80. The Labute approximate surface area is 113 Å². The third-order valence-corrected chi connectivity index (χ3v) is 2.91. The topological polar surface area (TPSA) is 77.5 Å². The number of rotatable bonds is 7. The lowest BCUT2D eigenvalue weighted by Gasteiger charge is -2.28. The maximum atomic E-state index is 10.8. The number of nitriles is 1. The molecule has 1 N–H and O–H groups in total. The van der Waals surface area contributed by atoms with Crippen molar-refractivity contribution in [1.29, 1.82) is 5.26 Å². The summed E-state index contributed by atoms with van der Waals surface area (Å²) in [7, 11) is 0. The zero-order valence-electron chi connectivity index (χ0n) is 11.6. The van der Waals surface area contributed by atoms with E-state index in [9.17, 15) is 4.79 Å². The fourth-order valence-corrected chi connectivity index (χ4v) is 1.98. The first-order valence-electron chi connectivity index (χ1n) is 6.39. The molecular weight excluding hydrogens is 244 g/mol. The van der Waals surface area contributed by atoms with Crippen LogP contribution in [0.2, 0.25) is 0 Å². The molecule has 1 atom stereocenters. The van der Waals surface area contributed by atoms with Crippen LogP contribution in [0.25, 0.3) is 0 Å². The molecule has 0 bridgehead atoms. The van der Waals surface area contributed by atoms with Gasteiger partial charge in [-0.05, 0) is 25.0 Å². The van der Waals surface area contributed by atoms with Gasteiger partial charge in [-0.15, -0.1) is 0 Å². The minimum absolute atomic E-state index is 0.0381. The predicted molar refractivity (Wildman–Crippen MR) is 70.7 cm³/mol. The van der Waals surface area contributed by atoms with E-state index in [1.165, 1.54) is 6.07 Å². The molecule has 0 fully saturated rings. The first-order chi connectivity index (χ1) is 8.95. The normalized spacial score (nSPS) is 12.6. The molecule has 1 aromatic heterocycles. The van der Waals surface area contributed by atoms with Crippen molar-refractivity contribution >= 4 is 5.97 Å². The van der Waals surface area contributed by atoms with E-state index in [0.717, 1.165) is 6.54 Å². The maximum Gasteiger partial charge on any atom is 0.371 e. The summed E-state index contributed by atoms with van der Waals surface area (Å²) >= 11 is 0. The van der Waals surface area contributed by atoms with Gasteiger partial charge in [-0.3, -0.25) is 4.90 Å². The molecule has 0 spiro atoms. The number of carboxylic acid groups (broad SMARTS) is 1. The van der Waals surface area contributed by atoms with E-state index >= 15 is 0 Å². The number of hydrogen-bond acceptors (Lipinski definition) is 4. The van der Waals surface area contributed by atoms with Crippen LogP contribution >= 0.6 is 0 Å². The molecule has 0 radical (unpaired) electrons. The number of hydrogen-bond donors (Lipinski definition) is 1. The highest BCUT2D eigenvalue weighted by Crippen LogP contribution is 2.23. The summed E-state index contributed by atoms with van der Waals surface area (Å²) in [6.07, 6.45) is 0.448. The van der Waals surface area contributed by atoms with E-state index in [0.29, 0.717) is 24.6 Å². The minimum Gasteiger partial charge on any atom is -0.475 e. The lowest BCUT2D eigenvalue weighted by Crippen LogP contribution is -2.31. The maximum absolute atomic E-state index is 10.8. The molecule has 1 rings (SSSR count). The highest BCUT2D eigenvalue weighted by Gasteiger charge is 2.21. The average Bonchev–Trinajstić information content (AvgIpc) is 2.82. The van der Waals surface area contributed by atoms with Crippen molar-refractivity contribution in [3.05, 3.63) is 23.7 Å². The zero-order valence-corrected chi connectivity index (χ0v) is 11.6. The molecule has 1 aromatic rings. The van der Waals surface area contributed by atoms with E-state index in [1.54, 1.807) is 6.07 Å². The largest absolute Gasteiger partial charge is 0.475 e. The van der Waals surface area contributed by atoms with Gasteiger partial charge in [0.1, 0.15) is 5.76 Å². The molecule has 0 aliphatic carbocycles. The summed E-state index contributed by atoms with van der Waals surface area (Å²) in [6.45, 7) is 7.67. The molecule has 0 saturated carbocycles. The standard InChI is InChI=1S/C14H20N2O3/c1-10(2)9-16(8-4-7-15)11(3)12-5-6-13(19-12)14(17)18/h5-6,10-11H,4,8-9H2,1-3H3,(H,17,18). The van der Waals surface area contributed by atoms with E-state index in [2.05, 4.69) is 24.8 Å². The second-order valence-corrected chi connectivity index (χ2v) is 4.98. The lowest BCUT2D eigenvalue weighted by atomic mass is 10.1. The Morgan fingerprint density at radius 1 is 1.47 bits per heavy atom. The van der Waals surface area contributed by atoms with Crippen LogP contribution in [0.1, 0.15) is 49.5 Å². The van der Waals surface area contributed by atoms with Gasteiger partial charge in [0.05, 0.1) is 12.1 Å². The minimum atomic E-state index is -1.06. The summed E-state index contributed by atoms with van der Waals surface area (Å²) < 4.78 is 5.33. The smallest absolute Gasteiger partial charge is 0.371 e. The van der Waals surface area contributed by atoms with Crippen molar-refractivity contribution in [3.8, 4) is 6.07 Å². The van der Waals surface area contributed by atoms with Crippen LogP contribution < -0.4 is 0 Å². The SMILES string of the molecule is CC(C)CN(CCC#N)C(C)c1ccc(C(=O)O)o1. The Morgan fingerprint density at radius 2 is 2.16 bits per heavy atom. The summed E-state index contributed by atoms with van der Waals surface area (Å²) in [4.78, 5) is 12.9. The predicted octanol–water partition coefficient (Wildman–Crippen LogP) is 2.91. The highest BCUT2D eigenvalue weighted by molar-refractivity contribution is 5.84. The van der Waals surface area contributed by atoms with Crippen LogP contribution in [0.3, 0.4) is 0 Å². The van der Waals surface area contributed by atoms with Crippen molar-refractivity contribution in [2.24, 2.45) is 5.92 Å². The molecule has 0 aromatic carbocycles. The van der Waals surface area contributed by atoms with Crippen LogP contribution in [-0.2, 0) is 0 Å². The summed E-state index contributed by atoms with van der Waals surface area (Å²) in [5.41, 5.74) is 0. The molecule has 5 heteroatoms. The molecule has 1 unspecified atom stereocenters. The average molecular weight is 264 g/mol. The lowest BCUT2D eigenvalue weighted by molar-refractivity contribution is 0.0655. The van der Waals surface area contributed by atoms with Gasteiger partial charge < -0.3 is 9.52 Å². The van der Waals surface area contributed by atoms with Crippen LogP contribution in [0, 0.1) is 17.2 Å². The second kappa shape index (κ2) is 6.95. The monoisotopic (exact) mass is 264 g/mol. The van der Waals surface area contributed by atoms with Crippen LogP contribution in [0.15, 0.2) is 16.5 Å². The van der Waals surface area contributed by atoms with Gasteiger partial charge >= 0.3 is 5.97 Å². The molecule has 0 aliphatic rings. The Bertz CT molecular complexity index is 460. The van der Waals surface area contributed by atoms with Gasteiger partial charge in [0.15, 0.2) is 0 Å². The van der Waals surface area contributed by atoms with E-state index in [1.807, 2.05) is 6.92 Å². The number of carboxylic acids is 1. The van der Waals surface area contributed by atoms with Crippen LogP contribution in [0.4, 0.5) is 0 Å². The third kappa shape index (κ3) is 4.42. The Morgan fingerprint density at radius 3 is 2.63 bits per heavy atom. The van der Waals surface area contributed by atoms with E-state index < -0.39 is 5.97 Å². The zero-order chi connectivity index (χ0) is 14.4. The molecule has 0 saturated heterocycles. The second-order valence-electron chi connectivity index (χ2n) is 4.98. The first-order valence-corrected chi connectivity index (χ1v) is 6.39. The van der Waals surface area contributed by atoms with Crippen molar-refractivity contribution in [3.63, 3.8) is 0 Å². The Balaban J connectivity index is 2.81. The summed E-state index contributed by atoms with van der Waals surface area (Å²) in [5, 5.41) is 17.6. The fourth-order valence-electron chi connectivity index (χ4n) is 1.98. The summed E-state index contributed by atoms with van der Waals surface area (Å²) in [6, 6.07) is 5.25. The van der Waals surface area contributed by atoms with Crippen molar-refractivity contribution in [2.45, 2.75) is 33.2 Å². The highest BCUT2D eigenvalue weighted by atomic mass is 16.4. The van der Waals surface area contributed by atoms with Gasteiger partial charge in [0.2, 0.25) is 5.76 Å². The van der Waals surface area contributed by atoms with Crippen LogP contribution in [-0.4, -0.2) is 29.1 Å². The first kappa shape index (κ1) is 15.3. The number of aromatic carboxylic acids is 1. The van der Waals surface area contributed by atoms with Gasteiger partial charge in [0.25, 0.3) is 0 Å². The number of carbonyl (C=O) groups is 1. The number of furan rings is 1. The molecule has 19 heavy (non-hydrogen) atoms. The van der Waals surface area contributed by atoms with Gasteiger partial charge in [-0.2, -0.15) is 5.26 Å². The summed E-state index contributed by atoms with van der Waals surface area (Å²) in [5.74, 6) is -0.0245. The third-order valence-electron chi connectivity index (χ3n) is 2.91. The molecule has 5 nitrogen and oxygen atoms in total. The molecule has 0 amide bonds. The van der Waals surface area contributed by atoms with Gasteiger partial charge in [0, 0.05) is 19.5 Å². The van der Waals surface area contributed by atoms with Crippen molar-refractivity contribution in [1.82, 2.24) is 4.90 Å². The van der Waals surface area contributed by atoms with Crippen LogP contribution in [0.5, 0.6) is 0 Å². The van der Waals surface area contributed by atoms with E-state index in [-0.39, 0.29) is 11.8 Å². The molecule has 0 aliphatic heterocycles. The number of nitrogens with zero attached hydrogens (tertiary/aromatic N) is 2. The van der Waals surface area contributed by atoms with Gasteiger partial charge in [-0.25, -0.2) is 4.79 Å².